The van der Waals surface area contributed by atoms with Crippen molar-refractivity contribution in [1.29, 1.82) is 0 Å². The lowest BCUT2D eigenvalue weighted by Gasteiger charge is -2.31. The van der Waals surface area contributed by atoms with Crippen LogP contribution in [0.3, 0.4) is 0 Å². The molecule has 0 saturated heterocycles. The fraction of sp³-hybridized carbons (Fsp3) is 0.294. The highest BCUT2D eigenvalue weighted by atomic mass is 79.9. The van der Waals surface area contributed by atoms with E-state index in [-0.39, 0.29) is 6.10 Å². The molecule has 1 aliphatic rings. The molecule has 0 amide bonds. The minimum atomic E-state index is -0.484. The van der Waals surface area contributed by atoms with Gasteiger partial charge in [0.25, 0.3) is 0 Å². The molecule has 1 heterocycles. The molecule has 1 aliphatic heterocycles. The van der Waals surface area contributed by atoms with Crippen LogP contribution in [0.15, 0.2) is 40.9 Å². The third kappa shape index (κ3) is 2.48. The lowest BCUT2D eigenvalue weighted by atomic mass is 9.92. The molecule has 104 valence electrons. The molecule has 1 N–H and O–H groups in total. The van der Waals surface area contributed by atoms with Crippen LogP contribution in [0.5, 0.6) is 5.75 Å². The van der Waals surface area contributed by atoms with Gasteiger partial charge in [-0.3, -0.25) is 0 Å². The van der Waals surface area contributed by atoms with Crippen LogP contribution < -0.4 is 4.74 Å². The predicted molar refractivity (Wildman–Crippen MR) is 83.0 cm³/mol. The minimum Gasteiger partial charge on any atom is -0.485 e. The van der Waals surface area contributed by atoms with Crippen LogP contribution in [0.4, 0.5) is 0 Å². The predicted octanol–water partition coefficient (Wildman–Crippen LogP) is 4.62. The molecule has 0 radical (unpaired) electrons. The van der Waals surface area contributed by atoms with Gasteiger partial charge in [-0.1, -0.05) is 39.7 Å². The van der Waals surface area contributed by atoms with E-state index in [1.807, 2.05) is 18.2 Å². The maximum Gasteiger partial charge on any atom is 0.127 e. The smallest absolute Gasteiger partial charge is 0.127 e. The van der Waals surface area contributed by atoms with Gasteiger partial charge in [0.05, 0.1) is 6.10 Å². The zero-order valence-electron chi connectivity index (χ0n) is 11.6. The summed E-state index contributed by atoms with van der Waals surface area (Å²) in [6.07, 6.45) is 0.0223. The first-order chi connectivity index (χ1) is 9.54. The summed E-state index contributed by atoms with van der Waals surface area (Å²) in [6, 6.07) is 12.1. The average Bonchev–Trinajstić information content (AvgIpc) is 2.39. The second-order valence-electron chi connectivity index (χ2n) is 5.40. The van der Waals surface area contributed by atoms with E-state index in [0.29, 0.717) is 6.42 Å². The molecule has 0 fully saturated rings. The molecule has 0 saturated carbocycles. The molecule has 2 aromatic carbocycles. The van der Waals surface area contributed by atoms with E-state index >= 15 is 0 Å². The molecule has 2 atom stereocenters. The van der Waals surface area contributed by atoms with Crippen LogP contribution in [-0.4, -0.2) is 5.11 Å². The van der Waals surface area contributed by atoms with Gasteiger partial charge < -0.3 is 9.84 Å². The van der Waals surface area contributed by atoms with Gasteiger partial charge in [-0.05, 0) is 43.2 Å². The third-order valence-electron chi connectivity index (χ3n) is 3.81. The largest absolute Gasteiger partial charge is 0.485 e. The molecular formula is C17H17BrO2. The highest BCUT2D eigenvalue weighted by Crippen LogP contribution is 2.42. The summed E-state index contributed by atoms with van der Waals surface area (Å²) >= 11 is 3.43. The van der Waals surface area contributed by atoms with E-state index in [4.69, 9.17) is 4.74 Å². The summed E-state index contributed by atoms with van der Waals surface area (Å²) < 4.78 is 7.05. The molecule has 0 aliphatic carbocycles. The van der Waals surface area contributed by atoms with Gasteiger partial charge in [0.15, 0.2) is 0 Å². The molecular weight excluding hydrogens is 316 g/mol. The van der Waals surface area contributed by atoms with E-state index in [1.165, 1.54) is 11.1 Å². The van der Waals surface area contributed by atoms with Gasteiger partial charge in [-0.25, -0.2) is 0 Å². The SMILES string of the molecule is Cc1ccc(C2C[C@@H](O)c3cc(Br)ccc3O2)c(C)c1. The first kappa shape index (κ1) is 13.7. The zero-order chi connectivity index (χ0) is 14.3. The molecule has 0 bridgehead atoms. The summed E-state index contributed by atoms with van der Waals surface area (Å²) in [6.45, 7) is 4.18. The lowest BCUT2D eigenvalue weighted by molar-refractivity contribution is 0.0654. The number of hydrogen-bond donors (Lipinski definition) is 1. The van der Waals surface area contributed by atoms with Crippen LogP contribution in [0.25, 0.3) is 0 Å². The van der Waals surface area contributed by atoms with Crippen LogP contribution in [0.2, 0.25) is 0 Å². The Morgan fingerprint density at radius 3 is 2.65 bits per heavy atom. The van der Waals surface area contributed by atoms with Crippen LogP contribution >= 0.6 is 15.9 Å². The van der Waals surface area contributed by atoms with Crippen molar-refractivity contribution in [3.05, 3.63) is 63.1 Å². The van der Waals surface area contributed by atoms with E-state index in [9.17, 15) is 5.11 Å². The number of aryl methyl sites for hydroxylation is 2. The van der Waals surface area contributed by atoms with Crippen molar-refractivity contribution in [1.82, 2.24) is 0 Å². The van der Waals surface area contributed by atoms with Gasteiger partial charge in [-0.2, -0.15) is 0 Å². The van der Waals surface area contributed by atoms with E-state index < -0.39 is 6.10 Å². The molecule has 2 aromatic rings. The summed E-state index contributed by atoms with van der Waals surface area (Å²) in [7, 11) is 0. The molecule has 20 heavy (non-hydrogen) atoms. The monoisotopic (exact) mass is 332 g/mol. The topological polar surface area (TPSA) is 29.5 Å². The quantitative estimate of drug-likeness (QED) is 0.825. The highest BCUT2D eigenvalue weighted by Gasteiger charge is 2.28. The normalized spacial score (nSPS) is 21.2. The number of halogens is 1. The third-order valence-corrected chi connectivity index (χ3v) is 4.30. The molecule has 2 nitrogen and oxygen atoms in total. The molecule has 3 heteroatoms. The van der Waals surface area contributed by atoms with Gasteiger partial charge in [0, 0.05) is 16.5 Å². The van der Waals surface area contributed by atoms with Gasteiger partial charge in [-0.15, -0.1) is 0 Å². The Labute approximate surface area is 127 Å². The summed E-state index contributed by atoms with van der Waals surface area (Å²) in [5, 5.41) is 10.4. The Morgan fingerprint density at radius 1 is 1.10 bits per heavy atom. The second-order valence-corrected chi connectivity index (χ2v) is 6.32. The summed E-state index contributed by atoms with van der Waals surface area (Å²) in [5.41, 5.74) is 4.47. The Hall–Kier alpha value is -1.32. The van der Waals surface area contributed by atoms with Gasteiger partial charge >= 0.3 is 0 Å². The molecule has 1 unspecified atom stereocenters. The number of rotatable bonds is 1. The lowest BCUT2D eigenvalue weighted by Crippen LogP contribution is -2.19. The zero-order valence-corrected chi connectivity index (χ0v) is 13.1. The van der Waals surface area contributed by atoms with Crippen molar-refractivity contribution in [3.8, 4) is 5.75 Å². The first-order valence-electron chi connectivity index (χ1n) is 6.76. The van der Waals surface area contributed by atoms with Crippen molar-refractivity contribution in [2.75, 3.05) is 0 Å². The van der Waals surface area contributed by atoms with Crippen molar-refractivity contribution < 1.29 is 9.84 Å². The number of benzene rings is 2. The van der Waals surface area contributed by atoms with Crippen LogP contribution in [-0.2, 0) is 0 Å². The number of aliphatic hydroxyl groups is 1. The fourth-order valence-corrected chi connectivity index (χ4v) is 3.17. The minimum absolute atomic E-state index is 0.0840. The number of ether oxygens (including phenoxy) is 1. The fourth-order valence-electron chi connectivity index (χ4n) is 2.80. The van der Waals surface area contributed by atoms with Crippen LogP contribution in [0, 0.1) is 13.8 Å². The van der Waals surface area contributed by atoms with Crippen molar-refractivity contribution >= 4 is 15.9 Å². The Bertz CT molecular complexity index is 651. The number of aliphatic hydroxyl groups excluding tert-OH is 1. The van der Waals surface area contributed by atoms with Crippen molar-refractivity contribution in [2.45, 2.75) is 32.5 Å². The summed E-state index contributed by atoms with van der Waals surface area (Å²) in [4.78, 5) is 0. The summed E-state index contributed by atoms with van der Waals surface area (Å²) in [5.74, 6) is 0.775. The van der Waals surface area contributed by atoms with Crippen molar-refractivity contribution in [3.63, 3.8) is 0 Å². The molecule has 0 spiro atoms. The maximum atomic E-state index is 10.4. The average molecular weight is 333 g/mol. The van der Waals surface area contributed by atoms with Crippen LogP contribution in [0.1, 0.15) is 40.9 Å². The maximum absolute atomic E-state index is 10.4. The standard InChI is InChI=1S/C17H17BrO2/c1-10-3-5-13(11(2)7-10)17-9-15(19)14-8-12(18)4-6-16(14)20-17/h3-8,15,17,19H,9H2,1-2H3/t15-,17?/m1/s1. The van der Waals surface area contributed by atoms with Gasteiger partial charge in [0.2, 0.25) is 0 Å². The number of fused-ring (bicyclic) bond motifs is 1. The van der Waals surface area contributed by atoms with Crippen molar-refractivity contribution in [2.24, 2.45) is 0 Å². The van der Waals surface area contributed by atoms with E-state index in [1.54, 1.807) is 0 Å². The van der Waals surface area contributed by atoms with E-state index in [2.05, 4.69) is 48.0 Å². The Kier molecular flexibility index (Phi) is 3.57. The Balaban J connectivity index is 1.97. The van der Waals surface area contributed by atoms with Gasteiger partial charge in [0.1, 0.15) is 11.9 Å². The number of hydrogen-bond acceptors (Lipinski definition) is 2. The second kappa shape index (κ2) is 5.23. The highest BCUT2D eigenvalue weighted by molar-refractivity contribution is 9.10. The van der Waals surface area contributed by atoms with E-state index in [0.717, 1.165) is 21.3 Å². The first-order valence-corrected chi connectivity index (χ1v) is 7.55. The molecule has 0 aromatic heterocycles. The molecule has 3 rings (SSSR count). The Morgan fingerprint density at radius 2 is 1.90 bits per heavy atom.